The van der Waals surface area contributed by atoms with Crippen LogP contribution in [-0.2, 0) is 0 Å². The van der Waals surface area contributed by atoms with E-state index in [1.807, 2.05) is 24.3 Å². The Kier molecular flexibility index (Phi) is 5.78. The van der Waals surface area contributed by atoms with Gasteiger partial charge in [0.15, 0.2) is 29.2 Å². The van der Waals surface area contributed by atoms with Gasteiger partial charge in [0.2, 0.25) is 12.5 Å². The maximum Gasteiger partial charge on any atom is 0.231 e. The van der Waals surface area contributed by atoms with Crippen molar-refractivity contribution in [3.05, 3.63) is 35.4 Å². The van der Waals surface area contributed by atoms with Crippen LogP contribution in [0.3, 0.4) is 0 Å². The van der Waals surface area contributed by atoms with Gasteiger partial charge in [0, 0.05) is 30.0 Å². The summed E-state index contributed by atoms with van der Waals surface area (Å²) >= 11 is 0. The zero-order valence-electron chi connectivity index (χ0n) is 17.6. The number of hydrogen-bond donors (Lipinski definition) is 2. The van der Waals surface area contributed by atoms with Crippen molar-refractivity contribution in [2.75, 3.05) is 41.3 Å². The van der Waals surface area contributed by atoms with Crippen LogP contribution in [0.25, 0.3) is 0 Å². The molecule has 2 aliphatic heterocycles. The fourth-order valence-electron chi connectivity index (χ4n) is 4.18. The molecule has 0 bridgehead atoms. The van der Waals surface area contributed by atoms with E-state index in [0.29, 0.717) is 41.0 Å². The quantitative estimate of drug-likeness (QED) is 0.711. The van der Waals surface area contributed by atoms with Gasteiger partial charge >= 0.3 is 0 Å². The number of fused-ring (bicyclic) bond motifs is 2. The van der Waals surface area contributed by atoms with Crippen molar-refractivity contribution in [3.8, 4) is 34.5 Å². The summed E-state index contributed by atoms with van der Waals surface area (Å²) in [5.74, 6) is 3.79. The molecule has 162 valence electrons. The standard InChI is InChI=1S/C22H27NO7/c1-12-20(13-7-18(25-2)21(27-4)19(8-13)26-3)14-9-16-17(29-11-28-16)10-15(14)30-22(12)23-5-6-24/h7-10,12,20,22-24H,5-6,11H2,1-4H3/t12-,20+,22+/m1/s1. The lowest BCUT2D eigenvalue weighted by atomic mass is 9.78. The average molecular weight is 417 g/mol. The summed E-state index contributed by atoms with van der Waals surface area (Å²) < 4.78 is 34.0. The molecule has 0 saturated carbocycles. The van der Waals surface area contributed by atoms with Gasteiger partial charge in [0.1, 0.15) is 5.75 Å². The second-order valence-corrected chi connectivity index (χ2v) is 7.25. The Bertz CT molecular complexity index is 892. The smallest absolute Gasteiger partial charge is 0.231 e. The van der Waals surface area contributed by atoms with Crippen LogP contribution in [0.2, 0.25) is 0 Å². The van der Waals surface area contributed by atoms with E-state index >= 15 is 0 Å². The van der Waals surface area contributed by atoms with Gasteiger partial charge in [-0.2, -0.15) is 0 Å². The molecular weight excluding hydrogens is 390 g/mol. The van der Waals surface area contributed by atoms with Crippen LogP contribution in [0.15, 0.2) is 24.3 Å². The van der Waals surface area contributed by atoms with Crippen LogP contribution in [0.4, 0.5) is 0 Å². The molecule has 3 atom stereocenters. The van der Waals surface area contributed by atoms with Crippen molar-refractivity contribution in [2.24, 2.45) is 5.92 Å². The number of aliphatic hydroxyl groups is 1. The highest BCUT2D eigenvalue weighted by atomic mass is 16.7. The highest BCUT2D eigenvalue weighted by molar-refractivity contribution is 5.60. The van der Waals surface area contributed by atoms with Crippen LogP contribution in [0.5, 0.6) is 34.5 Å². The SMILES string of the molecule is COc1cc([C@H]2c3cc4c(cc3O[C@H](NCCO)[C@@H]2C)OCO4)cc(OC)c1OC. The third-order valence-electron chi connectivity index (χ3n) is 5.60. The second-order valence-electron chi connectivity index (χ2n) is 7.25. The van der Waals surface area contributed by atoms with Crippen molar-refractivity contribution >= 4 is 0 Å². The number of hydrogen-bond acceptors (Lipinski definition) is 8. The molecule has 2 N–H and O–H groups in total. The normalized spacial score (nSPS) is 21.6. The molecule has 0 aromatic heterocycles. The minimum absolute atomic E-state index is 0.0232. The third kappa shape index (κ3) is 3.46. The lowest BCUT2D eigenvalue weighted by Crippen LogP contribution is -2.46. The molecule has 8 heteroatoms. The fraction of sp³-hybridized carbons (Fsp3) is 0.455. The maximum absolute atomic E-state index is 9.28. The number of benzene rings is 2. The minimum Gasteiger partial charge on any atom is -0.493 e. The summed E-state index contributed by atoms with van der Waals surface area (Å²) in [6.07, 6.45) is -0.297. The van der Waals surface area contributed by atoms with Crippen LogP contribution < -0.4 is 33.7 Å². The molecule has 4 rings (SSSR count). The van der Waals surface area contributed by atoms with E-state index in [0.717, 1.165) is 11.1 Å². The van der Waals surface area contributed by atoms with E-state index in [2.05, 4.69) is 12.2 Å². The first-order valence-corrected chi connectivity index (χ1v) is 9.85. The molecule has 2 aromatic carbocycles. The minimum atomic E-state index is -0.297. The van der Waals surface area contributed by atoms with Gasteiger partial charge in [0.05, 0.1) is 27.9 Å². The van der Waals surface area contributed by atoms with Crippen LogP contribution in [0.1, 0.15) is 24.0 Å². The molecule has 2 aromatic rings. The second kappa shape index (κ2) is 8.49. The first-order valence-electron chi connectivity index (χ1n) is 9.85. The largest absolute Gasteiger partial charge is 0.493 e. The van der Waals surface area contributed by atoms with Crippen molar-refractivity contribution in [1.82, 2.24) is 5.32 Å². The molecule has 30 heavy (non-hydrogen) atoms. The molecule has 0 spiro atoms. The molecule has 0 saturated heterocycles. The molecule has 2 aliphatic rings. The Morgan fingerprint density at radius 3 is 2.23 bits per heavy atom. The predicted molar refractivity (Wildman–Crippen MR) is 109 cm³/mol. The van der Waals surface area contributed by atoms with Crippen LogP contribution in [-0.4, -0.2) is 52.6 Å². The van der Waals surface area contributed by atoms with E-state index < -0.39 is 0 Å². The van der Waals surface area contributed by atoms with Crippen LogP contribution in [0, 0.1) is 5.92 Å². The van der Waals surface area contributed by atoms with E-state index in [-0.39, 0.29) is 31.5 Å². The van der Waals surface area contributed by atoms with Crippen molar-refractivity contribution in [1.29, 1.82) is 0 Å². The molecule has 0 fully saturated rings. The monoisotopic (exact) mass is 417 g/mol. The summed E-state index contributed by atoms with van der Waals surface area (Å²) in [5, 5.41) is 12.6. The molecule has 2 heterocycles. The van der Waals surface area contributed by atoms with Gasteiger partial charge in [-0.15, -0.1) is 0 Å². The Hall–Kier alpha value is -2.84. The number of nitrogens with one attached hydrogen (secondary N) is 1. The average Bonchev–Trinajstić information content (AvgIpc) is 3.22. The molecule has 8 nitrogen and oxygen atoms in total. The van der Waals surface area contributed by atoms with E-state index in [1.54, 1.807) is 21.3 Å². The van der Waals surface area contributed by atoms with E-state index in [1.165, 1.54) is 0 Å². The molecule has 0 amide bonds. The Morgan fingerprint density at radius 2 is 1.63 bits per heavy atom. The van der Waals surface area contributed by atoms with Crippen molar-refractivity contribution in [2.45, 2.75) is 19.1 Å². The van der Waals surface area contributed by atoms with Gasteiger partial charge < -0.3 is 33.5 Å². The van der Waals surface area contributed by atoms with Crippen molar-refractivity contribution < 1.29 is 33.5 Å². The Morgan fingerprint density at radius 1 is 0.967 bits per heavy atom. The zero-order chi connectivity index (χ0) is 21.3. The highest BCUT2D eigenvalue weighted by Gasteiger charge is 2.38. The molecular formula is C22H27NO7. The maximum atomic E-state index is 9.28. The third-order valence-corrected chi connectivity index (χ3v) is 5.60. The number of ether oxygens (including phenoxy) is 6. The van der Waals surface area contributed by atoms with Gasteiger partial charge in [-0.25, -0.2) is 0 Å². The lowest BCUT2D eigenvalue weighted by molar-refractivity contribution is 0.0742. The van der Waals surface area contributed by atoms with Crippen LogP contribution >= 0.6 is 0 Å². The summed E-state index contributed by atoms with van der Waals surface area (Å²) in [4.78, 5) is 0. The first-order chi connectivity index (χ1) is 14.6. The lowest BCUT2D eigenvalue weighted by Gasteiger charge is -2.39. The summed E-state index contributed by atoms with van der Waals surface area (Å²) in [6.45, 7) is 2.75. The number of rotatable bonds is 7. The summed E-state index contributed by atoms with van der Waals surface area (Å²) in [5.41, 5.74) is 1.99. The van der Waals surface area contributed by atoms with Crippen molar-refractivity contribution in [3.63, 3.8) is 0 Å². The van der Waals surface area contributed by atoms with E-state index in [4.69, 9.17) is 28.4 Å². The van der Waals surface area contributed by atoms with Gasteiger partial charge in [-0.05, 0) is 23.8 Å². The predicted octanol–water partition coefficient (Wildman–Crippen LogP) is 2.51. The Labute approximate surface area is 175 Å². The summed E-state index contributed by atoms with van der Waals surface area (Å²) in [7, 11) is 4.79. The number of methoxy groups -OCH3 is 3. The molecule has 0 aliphatic carbocycles. The zero-order valence-corrected chi connectivity index (χ0v) is 17.6. The summed E-state index contributed by atoms with van der Waals surface area (Å²) in [6, 6.07) is 7.77. The van der Waals surface area contributed by atoms with Gasteiger partial charge in [0.25, 0.3) is 0 Å². The van der Waals surface area contributed by atoms with Gasteiger partial charge in [-0.3, -0.25) is 5.32 Å². The van der Waals surface area contributed by atoms with Gasteiger partial charge in [-0.1, -0.05) is 6.92 Å². The number of aliphatic hydroxyl groups excluding tert-OH is 1. The topological polar surface area (TPSA) is 87.6 Å². The molecule has 0 unspecified atom stereocenters. The first kappa shape index (κ1) is 20.4. The fourth-order valence-corrected chi connectivity index (χ4v) is 4.18. The highest BCUT2D eigenvalue weighted by Crippen LogP contribution is 2.51. The molecule has 0 radical (unpaired) electrons. The van der Waals surface area contributed by atoms with E-state index in [9.17, 15) is 5.11 Å². The Balaban J connectivity index is 1.85.